The van der Waals surface area contributed by atoms with Gasteiger partial charge in [0.05, 0.1) is 22.6 Å². The van der Waals surface area contributed by atoms with E-state index in [-0.39, 0.29) is 0 Å². The molecule has 2 aromatic rings. The lowest BCUT2D eigenvalue weighted by molar-refractivity contribution is 0.794. The molecule has 0 fully saturated rings. The monoisotopic (exact) mass is 236 g/mol. The summed E-state index contributed by atoms with van der Waals surface area (Å²) < 4.78 is 1.68. The summed E-state index contributed by atoms with van der Waals surface area (Å²) in [6, 6.07) is 5.79. The lowest BCUT2D eigenvalue weighted by atomic mass is 10.2. The summed E-state index contributed by atoms with van der Waals surface area (Å²) in [6.07, 6.45) is 2.58. The first-order chi connectivity index (χ1) is 7.70. The van der Waals surface area contributed by atoms with Crippen molar-refractivity contribution < 1.29 is 0 Å². The van der Waals surface area contributed by atoms with Crippen LogP contribution in [0, 0.1) is 6.92 Å². The number of hydrogen-bond acceptors (Lipinski definition) is 3. The number of nitrogens with two attached hydrogens (primary N) is 1. The Morgan fingerprint density at radius 3 is 3.00 bits per heavy atom. The van der Waals surface area contributed by atoms with E-state index in [9.17, 15) is 0 Å². The van der Waals surface area contributed by atoms with Gasteiger partial charge in [0, 0.05) is 6.42 Å². The Kier molecular flexibility index (Phi) is 3.22. The Morgan fingerprint density at radius 2 is 2.25 bits per heavy atom. The minimum atomic E-state index is 0.570. The quantitative estimate of drug-likeness (QED) is 0.883. The van der Waals surface area contributed by atoms with E-state index in [1.165, 1.54) is 0 Å². The van der Waals surface area contributed by atoms with Crippen LogP contribution in [0.25, 0.3) is 5.69 Å². The predicted octanol–water partition coefficient (Wildman–Crippen LogP) is 1.73. The topological polar surface area (TPSA) is 56.7 Å². The van der Waals surface area contributed by atoms with Crippen molar-refractivity contribution in [3.8, 4) is 5.69 Å². The maximum absolute atomic E-state index is 6.10. The van der Waals surface area contributed by atoms with E-state index in [1.807, 2.05) is 31.3 Å². The molecule has 0 unspecified atom stereocenters. The predicted molar refractivity (Wildman–Crippen MR) is 63.9 cm³/mol. The van der Waals surface area contributed by atoms with Crippen molar-refractivity contribution in [3.63, 3.8) is 0 Å². The zero-order valence-corrected chi connectivity index (χ0v) is 9.78. The van der Waals surface area contributed by atoms with Crippen molar-refractivity contribution in [2.24, 2.45) is 5.73 Å². The van der Waals surface area contributed by atoms with E-state index in [2.05, 4.69) is 10.3 Å². The van der Waals surface area contributed by atoms with Crippen molar-refractivity contribution in [1.29, 1.82) is 0 Å². The van der Waals surface area contributed by atoms with E-state index < -0.39 is 0 Å². The van der Waals surface area contributed by atoms with Gasteiger partial charge in [-0.3, -0.25) is 0 Å². The molecule has 0 amide bonds. The summed E-state index contributed by atoms with van der Waals surface area (Å²) in [7, 11) is 0. The Bertz CT molecular complexity index is 492. The van der Waals surface area contributed by atoms with E-state index in [0.717, 1.165) is 23.4 Å². The zero-order chi connectivity index (χ0) is 11.5. The molecule has 1 aromatic heterocycles. The molecule has 2 rings (SSSR count). The summed E-state index contributed by atoms with van der Waals surface area (Å²) >= 11 is 6.10. The fourth-order valence-electron chi connectivity index (χ4n) is 1.48. The van der Waals surface area contributed by atoms with Crippen LogP contribution >= 0.6 is 11.6 Å². The molecule has 0 aliphatic rings. The van der Waals surface area contributed by atoms with Crippen LogP contribution in [0.3, 0.4) is 0 Å². The van der Waals surface area contributed by atoms with Gasteiger partial charge in [-0.1, -0.05) is 22.9 Å². The Morgan fingerprint density at radius 1 is 1.44 bits per heavy atom. The number of rotatable bonds is 3. The number of benzene rings is 1. The van der Waals surface area contributed by atoms with Crippen molar-refractivity contribution >= 4 is 11.6 Å². The summed E-state index contributed by atoms with van der Waals surface area (Å²) in [6.45, 7) is 2.58. The van der Waals surface area contributed by atoms with Crippen molar-refractivity contribution in [3.05, 3.63) is 40.7 Å². The zero-order valence-electron chi connectivity index (χ0n) is 9.02. The van der Waals surface area contributed by atoms with Crippen molar-refractivity contribution in [2.75, 3.05) is 6.54 Å². The van der Waals surface area contributed by atoms with E-state index in [4.69, 9.17) is 17.3 Å². The summed E-state index contributed by atoms with van der Waals surface area (Å²) in [5, 5.41) is 8.72. The summed E-state index contributed by atoms with van der Waals surface area (Å²) in [4.78, 5) is 0. The second kappa shape index (κ2) is 4.63. The van der Waals surface area contributed by atoms with Crippen LogP contribution in [-0.4, -0.2) is 21.5 Å². The molecular weight excluding hydrogens is 224 g/mol. The molecule has 0 saturated heterocycles. The normalized spacial score (nSPS) is 10.7. The van der Waals surface area contributed by atoms with Crippen LogP contribution in [0.2, 0.25) is 5.02 Å². The van der Waals surface area contributed by atoms with Crippen LogP contribution in [0.4, 0.5) is 0 Å². The highest BCUT2D eigenvalue weighted by atomic mass is 35.5. The minimum absolute atomic E-state index is 0.570. The molecule has 16 heavy (non-hydrogen) atoms. The number of halogens is 1. The third-order valence-corrected chi connectivity index (χ3v) is 2.61. The third-order valence-electron chi connectivity index (χ3n) is 2.29. The van der Waals surface area contributed by atoms with Gasteiger partial charge in [0.2, 0.25) is 0 Å². The van der Waals surface area contributed by atoms with E-state index >= 15 is 0 Å². The van der Waals surface area contributed by atoms with Crippen LogP contribution in [0.1, 0.15) is 11.3 Å². The van der Waals surface area contributed by atoms with Gasteiger partial charge >= 0.3 is 0 Å². The average Bonchev–Trinajstić information content (AvgIpc) is 2.71. The summed E-state index contributed by atoms with van der Waals surface area (Å²) in [5.41, 5.74) is 8.31. The fraction of sp³-hybridized carbons (Fsp3) is 0.273. The Labute approximate surface area is 99.0 Å². The third kappa shape index (κ3) is 2.23. The first-order valence-electron chi connectivity index (χ1n) is 5.08. The molecule has 0 aliphatic carbocycles. The molecular formula is C11H13ClN4. The highest BCUT2D eigenvalue weighted by Crippen LogP contribution is 2.20. The number of hydrogen-bond donors (Lipinski definition) is 1. The van der Waals surface area contributed by atoms with E-state index in [0.29, 0.717) is 11.6 Å². The largest absolute Gasteiger partial charge is 0.330 e. The van der Waals surface area contributed by atoms with Gasteiger partial charge in [-0.15, -0.1) is 5.10 Å². The Balaban J connectivity index is 2.38. The average molecular weight is 237 g/mol. The van der Waals surface area contributed by atoms with Gasteiger partial charge in [-0.05, 0) is 31.2 Å². The van der Waals surface area contributed by atoms with Crippen LogP contribution in [-0.2, 0) is 6.42 Å². The molecule has 84 valence electrons. The highest BCUT2D eigenvalue weighted by molar-refractivity contribution is 6.32. The van der Waals surface area contributed by atoms with Gasteiger partial charge in [0.15, 0.2) is 0 Å². The number of nitrogens with zero attached hydrogens (tertiary/aromatic N) is 3. The first kappa shape index (κ1) is 11.1. The summed E-state index contributed by atoms with van der Waals surface area (Å²) in [5.74, 6) is 0. The van der Waals surface area contributed by atoms with E-state index in [1.54, 1.807) is 4.68 Å². The van der Waals surface area contributed by atoms with Crippen LogP contribution in [0.5, 0.6) is 0 Å². The molecule has 0 spiro atoms. The molecule has 4 nitrogen and oxygen atoms in total. The second-order valence-electron chi connectivity index (χ2n) is 3.65. The lowest BCUT2D eigenvalue weighted by Gasteiger charge is -2.03. The smallest absolute Gasteiger partial charge is 0.0852 e. The standard InChI is InChI=1S/C11H13ClN4/c1-8-2-3-10(12)11(6-8)16-7-9(4-5-13)14-15-16/h2-3,6-7H,4-5,13H2,1H3. The molecule has 0 bridgehead atoms. The molecule has 0 saturated carbocycles. The number of aryl methyl sites for hydroxylation is 1. The lowest BCUT2D eigenvalue weighted by Crippen LogP contribution is -2.02. The van der Waals surface area contributed by atoms with Gasteiger partial charge in [0.25, 0.3) is 0 Å². The first-order valence-corrected chi connectivity index (χ1v) is 5.46. The maximum atomic E-state index is 6.10. The van der Waals surface area contributed by atoms with Gasteiger partial charge in [0.1, 0.15) is 0 Å². The van der Waals surface area contributed by atoms with Crippen LogP contribution < -0.4 is 5.73 Å². The minimum Gasteiger partial charge on any atom is -0.330 e. The molecule has 1 heterocycles. The molecule has 0 atom stereocenters. The maximum Gasteiger partial charge on any atom is 0.0852 e. The molecule has 2 N–H and O–H groups in total. The molecule has 0 aliphatic heterocycles. The molecule has 1 aromatic carbocycles. The van der Waals surface area contributed by atoms with Crippen molar-refractivity contribution in [1.82, 2.24) is 15.0 Å². The van der Waals surface area contributed by atoms with Crippen LogP contribution in [0.15, 0.2) is 24.4 Å². The molecule has 0 radical (unpaired) electrons. The number of aromatic nitrogens is 3. The molecule has 5 heteroatoms. The SMILES string of the molecule is Cc1ccc(Cl)c(-n2cc(CCN)nn2)c1. The second-order valence-corrected chi connectivity index (χ2v) is 4.06. The Hall–Kier alpha value is -1.39. The fourth-order valence-corrected chi connectivity index (χ4v) is 1.68. The van der Waals surface area contributed by atoms with Gasteiger partial charge in [-0.25, -0.2) is 4.68 Å². The van der Waals surface area contributed by atoms with Crippen molar-refractivity contribution in [2.45, 2.75) is 13.3 Å². The van der Waals surface area contributed by atoms with Gasteiger partial charge in [-0.2, -0.15) is 0 Å². The highest BCUT2D eigenvalue weighted by Gasteiger charge is 2.06. The van der Waals surface area contributed by atoms with Gasteiger partial charge < -0.3 is 5.73 Å².